The van der Waals surface area contributed by atoms with Gasteiger partial charge in [0.25, 0.3) is 11.7 Å². The van der Waals surface area contributed by atoms with Crippen molar-refractivity contribution in [2.24, 2.45) is 0 Å². The van der Waals surface area contributed by atoms with Crippen LogP contribution in [0.15, 0.2) is 42.5 Å². The SMILES string of the molecule is Cc1ccc(C)c(C(=O)C(=O)Nc2ccccc2C)c1. The van der Waals surface area contributed by atoms with E-state index in [4.69, 9.17) is 0 Å². The molecule has 20 heavy (non-hydrogen) atoms. The molecule has 0 saturated heterocycles. The second kappa shape index (κ2) is 5.70. The van der Waals surface area contributed by atoms with E-state index in [0.717, 1.165) is 16.7 Å². The van der Waals surface area contributed by atoms with Crippen molar-refractivity contribution in [1.82, 2.24) is 0 Å². The van der Waals surface area contributed by atoms with Crippen LogP contribution in [0.5, 0.6) is 0 Å². The van der Waals surface area contributed by atoms with Crippen LogP contribution in [0.1, 0.15) is 27.0 Å². The van der Waals surface area contributed by atoms with E-state index in [9.17, 15) is 9.59 Å². The zero-order chi connectivity index (χ0) is 14.7. The van der Waals surface area contributed by atoms with Gasteiger partial charge >= 0.3 is 0 Å². The van der Waals surface area contributed by atoms with Crippen molar-refractivity contribution in [3.8, 4) is 0 Å². The number of aryl methyl sites for hydroxylation is 3. The van der Waals surface area contributed by atoms with E-state index in [1.807, 2.05) is 51.1 Å². The molecule has 0 aliphatic rings. The minimum atomic E-state index is -0.604. The number of ketones is 1. The number of carbonyl (C=O) groups excluding carboxylic acids is 2. The summed E-state index contributed by atoms with van der Waals surface area (Å²) in [4.78, 5) is 24.3. The van der Waals surface area contributed by atoms with Crippen molar-refractivity contribution in [2.75, 3.05) is 5.32 Å². The molecular weight excluding hydrogens is 250 g/mol. The zero-order valence-corrected chi connectivity index (χ0v) is 11.9. The van der Waals surface area contributed by atoms with Crippen LogP contribution in [-0.4, -0.2) is 11.7 Å². The molecule has 2 rings (SSSR count). The van der Waals surface area contributed by atoms with Gasteiger partial charge in [0.1, 0.15) is 0 Å². The Balaban J connectivity index is 2.23. The van der Waals surface area contributed by atoms with Crippen molar-refractivity contribution in [3.05, 3.63) is 64.7 Å². The minimum Gasteiger partial charge on any atom is -0.319 e. The first-order valence-corrected chi connectivity index (χ1v) is 6.47. The smallest absolute Gasteiger partial charge is 0.296 e. The van der Waals surface area contributed by atoms with Crippen LogP contribution in [0.2, 0.25) is 0 Å². The average molecular weight is 267 g/mol. The summed E-state index contributed by atoms with van der Waals surface area (Å²) in [5, 5.41) is 2.67. The van der Waals surface area contributed by atoms with Crippen LogP contribution in [0.25, 0.3) is 0 Å². The summed E-state index contributed by atoms with van der Waals surface area (Å²) in [7, 11) is 0. The molecule has 0 heterocycles. The highest BCUT2D eigenvalue weighted by Crippen LogP contribution is 2.15. The maximum absolute atomic E-state index is 12.2. The van der Waals surface area contributed by atoms with Crippen LogP contribution >= 0.6 is 0 Å². The Kier molecular flexibility index (Phi) is 3.99. The number of amides is 1. The Hall–Kier alpha value is -2.42. The number of benzene rings is 2. The van der Waals surface area contributed by atoms with E-state index in [1.165, 1.54) is 0 Å². The lowest BCUT2D eigenvalue weighted by Crippen LogP contribution is -2.24. The van der Waals surface area contributed by atoms with Crippen LogP contribution in [0.4, 0.5) is 5.69 Å². The van der Waals surface area contributed by atoms with Gasteiger partial charge in [0.05, 0.1) is 0 Å². The number of rotatable bonds is 3. The second-order valence-corrected chi connectivity index (χ2v) is 4.92. The summed E-state index contributed by atoms with van der Waals surface area (Å²) in [6.45, 7) is 5.61. The first-order chi connectivity index (χ1) is 9.49. The third-order valence-electron chi connectivity index (χ3n) is 3.24. The van der Waals surface area contributed by atoms with Crippen LogP contribution in [-0.2, 0) is 4.79 Å². The first kappa shape index (κ1) is 14.0. The first-order valence-electron chi connectivity index (χ1n) is 6.47. The molecule has 0 aromatic heterocycles. The molecule has 0 saturated carbocycles. The Morgan fingerprint density at radius 2 is 1.60 bits per heavy atom. The number of Topliss-reactive ketones (excluding diaryl/α,β-unsaturated/α-hetero) is 1. The quantitative estimate of drug-likeness (QED) is 0.684. The van der Waals surface area contributed by atoms with E-state index < -0.39 is 11.7 Å². The highest BCUT2D eigenvalue weighted by atomic mass is 16.2. The zero-order valence-electron chi connectivity index (χ0n) is 11.9. The third kappa shape index (κ3) is 2.94. The van der Waals surface area contributed by atoms with Gasteiger partial charge in [0, 0.05) is 11.3 Å². The van der Waals surface area contributed by atoms with Crippen molar-refractivity contribution in [2.45, 2.75) is 20.8 Å². The van der Waals surface area contributed by atoms with E-state index in [-0.39, 0.29) is 0 Å². The predicted octanol–water partition coefficient (Wildman–Crippen LogP) is 3.43. The lowest BCUT2D eigenvalue weighted by molar-refractivity contribution is -0.112. The fourth-order valence-electron chi connectivity index (χ4n) is 2.00. The Bertz CT molecular complexity index is 674. The Morgan fingerprint density at radius 1 is 0.900 bits per heavy atom. The molecule has 0 atom stereocenters. The van der Waals surface area contributed by atoms with Gasteiger partial charge in [-0.05, 0) is 44.0 Å². The highest BCUT2D eigenvalue weighted by molar-refractivity contribution is 6.46. The molecule has 0 aliphatic carbocycles. The molecule has 1 N–H and O–H groups in total. The summed E-state index contributed by atoms with van der Waals surface area (Å²) in [6.07, 6.45) is 0. The molecule has 2 aromatic rings. The third-order valence-corrected chi connectivity index (χ3v) is 3.24. The monoisotopic (exact) mass is 267 g/mol. The van der Waals surface area contributed by atoms with Crippen molar-refractivity contribution in [3.63, 3.8) is 0 Å². The van der Waals surface area contributed by atoms with Gasteiger partial charge in [-0.25, -0.2) is 0 Å². The number of anilines is 1. The number of para-hydroxylation sites is 1. The molecular formula is C17H17NO2. The van der Waals surface area contributed by atoms with Crippen LogP contribution in [0.3, 0.4) is 0 Å². The van der Waals surface area contributed by atoms with Crippen molar-refractivity contribution >= 4 is 17.4 Å². The standard InChI is InChI=1S/C17H17NO2/c1-11-8-9-12(2)14(10-11)16(19)17(20)18-15-7-5-4-6-13(15)3/h4-10H,1-3H3,(H,18,20). The summed E-state index contributed by atoms with van der Waals surface area (Å²) in [6, 6.07) is 12.9. The Labute approximate surface area is 118 Å². The topological polar surface area (TPSA) is 46.2 Å². The molecule has 1 amide bonds. The fourth-order valence-corrected chi connectivity index (χ4v) is 2.00. The maximum atomic E-state index is 12.2. The predicted molar refractivity (Wildman–Crippen MR) is 80.1 cm³/mol. The van der Waals surface area contributed by atoms with Gasteiger partial charge < -0.3 is 5.32 Å². The molecule has 2 aromatic carbocycles. The van der Waals surface area contributed by atoms with E-state index >= 15 is 0 Å². The number of nitrogens with one attached hydrogen (secondary N) is 1. The summed E-state index contributed by atoms with van der Waals surface area (Å²) in [5.41, 5.74) is 3.81. The van der Waals surface area contributed by atoms with Gasteiger partial charge in [-0.2, -0.15) is 0 Å². The molecule has 3 heteroatoms. The van der Waals surface area contributed by atoms with Gasteiger partial charge in [0.15, 0.2) is 0 Å². The molecule has 0 radical (unpaired) electrons. The minimum absolute atomic E-state index is 0.455. The average Bonchev–Trinajstić information content (AvgIpc) is 2.43. The summed E-state index contributed by atoms with van der Waals surface area (Å²) >= 11 is 0. The van der Waals surface area contributed by atoms with E-state index in [0.29, 0.717) is 11.3 Å². The van der Waals surface area contributed by atoms with Crippen LogP contribution < -0.4 is 5.32 Å². The number of hydrogen-bond acceptors (Lipinski definition) is 2. The van der Waals surface area contributed by atoms with Crippen LogP contribution in [0, 0.1) is 20.8 Å². The van der Waals surface area contributed by atoms with Gasteiger partial charge in [-0.15, -0.1) is 0 Å². The molecule has 0 unspecified atom stereocenters. The molecule has 0 spiro atoms. The maximum Gasteiger partial charge on any atom is 0.296 e. The van der Waals surface area contributed by atoms with Gasteiger partial charge in [-0.1, -0.05) is 35.9 Å². The van der Waals surface area contributed by atoms with Gasteiger partial charge in [0.2, 0.25) is 0 Å². The molecule has 0 aliphatic heterocycles. The summed E-state index contributed by atoms with van der Waals surface area (Å²) in [5.74, 6) is -1.11. The van der Waals surface area contributed by atoms with E-state index in [1.54, 1.807) is 12.1 Å². The Morgan fingerprint density at radius 3 is 2.30 bits per heavy atom. The number of carbonyl (C=O) groups is 2. The lowest BCUT2D eigenvalue weighted by atomic mass is 10.0. The normalized spacial score (nSPS) is 10.2. The molecule has 3 nitrogen and oxygen atoms in total. The molecule has 0 bridgehead atoms. The van der Waals surface area contributed by atoms with Crippen molar-refractivity contribution < 1.29 is 9.59 Å². The largest absolute Gasteiger partial charge is 0.319 e. The lowest BCUT2D eigenvalue weighted by Gasteiger charge is -2.09. The fraction of sp³-hybridized carbons (Fsp3) is 0.176. The summed E-state index contributed by atoms with van der Waals surface area (Å²) < 4.78 is 0. The second-order valence-electron chi connectivity index (χ2n) is 4.92. The number of hydrogen-bond donors (Lipinski definition) is 1. The van der Waals surface area contributed by atoms with Crippen molar-refractivity contribution in [1.29, 1.82) is 0 Å². The van der Waals surface area contributed by atoms with Gasteiger partial charge in [-0.3, -0.25) is 9.59 Å². The molecule has 0 fully saturated rings. The molecule has 102 valence electrons. The highest BCUT2D eigenvalue weighted by Gasteiger charge is 2.18. The van der Waals surface area contributed by atoms with E-state index in [2.05, 4.69) is 5.32 Å².